The number of nitrogens with one attached hydrogen (secondary N) is 1. The highest BCUT2D eigenvalue weighted by Crippen LogP contribution is 2.22. The van der Waals surface area contributed by atoms with Gasteiger partial charge in [-0.2, -0.15) is 0 Å². The first-order chi connectivity index (χ1) is 8.74. The molecule has 2 rings (SSSR count). The average Bonchev–Trinajstić information content (AvgIpc) is 2.85. The zero-order valence-electron chi connectivity index (χ0n) is 11.1. The molecular formula is C14H19N3O. The first kappa shape index (κ1) is 12.5. The predicted molar refractivity (Wildman–Crippen MR) is 73.0 cm³/mol. The maximum absolute atomic E-state index is 5.23. The molecule has 4 heteroatoms. The standard InChI is InChI=1S/C14H19N3O/c1-4-17-10-15-8-12(17)9-16-14-7-13(18-3)6-5-11(14)2/h5-8,10,16H,4,9H2,1-3H3. The van der Waals surface area contributed by atoms with Gasteiger partial charge in [0.25, 0.3) is 0 Å². The summed E-state index contributed by atoms with van der Waals surface area (Å²) in [5, 5.41) is 3.42. The van der Waals surface area contributed by atoms with E-state index in [0.717, 1.165) is 24.5 Å². The zero-order valence-corrected chi connectivity index (χ0v) is 11.1. The molecule has 0 unspecified atom stereocenters. The third-order valence-corrected chi connectivity index (χ3v) is 3.04. The minimum atomic E-state index is 0.766. The first-order valence-electron chi connectivity index (χ1n) is 6.12. The number of methoxy groups -OCH3 is 1. The number of benzene rings is 1. The number of anilines is 1. The van der Waals surface area contributed by atoms with Crippen molar-refractivity contribution in [1.82, 2.24) is 9.55 Å². The van der Waals surface area contributed by atoms with Gasteiger partial charge >= 0.3 is 0 Å². The second kappa shape index (κ2) is 5.58. The van der Waals surface area contributed by atoms with Gasteiger partial charge in [-0.25, -0.2) is 4.98 Å². The Hall–Kier alpha value is -1.97. The fourth-order valence-electron chi connectivity index (χ4n) is 1.88. The van der Waals surface area contributed by atoms with Crippen molar-refractivity contribution in [2.45, 2.75) is 26.9 Å². The van der Waals surface area contributed by atoms with Crippen LogP contribution in [0.1, 0.15) is 18.2 Å². The van der Waals surface area contributed by atoms with Crippen LogP contribution in [0.4, 0.5) is 5.69 Å². The third kappa shape index (κ3) is 2.64. The van der Waals surface area contributed by atoms with Gasteiger partial charge in [0.05, 0.1) is 25.7 Å². The Balaban J connectivity index is 2.10. The molecule has 96 valence electrons. The molecule has 1 aromatic carbocycles. The molecular weight excluding hydrogens is 226 g/mol. The highest BCUT2D eigenvalue weighted by Gasteiger charge is 2.03. The van der Waals surface area contributed by atoms with Gasteiger partial charge in [-0.15, -0.1) is 0 Å². The quantitative estimate of drug-likeness (QED) is 0.880. The van der Waals surface area contributed by atoms with Crippen LogP contribution in [0.3, 0.4) is 0 Å². The summed E-state index contributed by atoms with van der Waals surface area (Å²) in [7, 11) is 1.68. The molecule has 0 saturated carbocycles. The Bertz CT molecular complexity index is 520. The van der Waals surface area contributed by atoms with Gasteiger partial charge in [0.15, 0.2) is 0 Å². The molecule has 0 aliphatic carbocycles. The lowest BCUT2D eigenvalue weighted by molar-refractivity contribution is 0.415. The normalized spacial score (nSPS) is 10.4. The number of aryl methyl sites for hydroxylation is 2. The second-order valence-corrected chi connectivity index (χ2v) is 4.21. The molecule has 0 aliphatic heterocycles. The Morgan fingerprint density at radius 2 is 2.22 bits per heavy atom. The molecule has 0 fully saturated rings. The fraction of sp³-hybridized carbons (Fsp3) is 0.357. The second-order valence-electron chi connectivity index (χ2n) is 4.21. The van der Waals surface area contributed by atoms with E-state index in [1.807, 2.05) is 24.7 Å². The van der Waals surface area contributed by atoms with Crippen molar-refractivity contribution in [3.8, 4) is 5.75 Å². The summed E-state index contributed by atoms with van der Waals surface area (Å²) in [5.41, 5.74) is 3.48. The first-order valence-corrected chi connectivity index (χ1v) is 6.12. The SMILES string of the molecule is CCn1cncc1CNc1cc(OC)ccc1C. The average molecular weight is 245 g/mol. The van der Waals surface area contributed by atoms with Crippen LogP contribution in [-0.4, -0.2) is 16.7 Å². The molecule has 4 nitrogen and oxygen atoms in total. The molecule has 0 aliphatic rings. The summed E-state index contributed by atoms with van der Waals surface area (Å²) in [5.74, 6) is 0.868. The molecule has 0 atom stereocenters. The van der Waals surface area contributed by atoms with E-state index in [9.17, 15) is 0 Å². The number of imidazole rings is 1. The van der Waals surface area contributed by atoms with Gasteiger partial charge < -0.3 is 14.6 Å². The van der Waals surface area contributed by atoms with Gasteiger partial charge in [-0.3, -0.25) is 0 Å². The van der Waals surface area contributed by atoms with E-state index < -0.39 is 0 Å². The Morgan fingerprint density at radius 1 is 1.39 bits per heavy atom. The van der Waals surface area contributed by atoms with E-state index in [0.29, 0.717) is 0 Å². The fourth-order valence-corrected chi connectivity index (χ4v) is 1.88. The van der Waals surface area contributed by atoms with E-state index in [2.05, 4.69) is 34.8 Å². The summed E-state index contributed by atoms with van der Waals surface area (Å²) >= 11 is 0. The van der Waals surface area contributed by atoms with E-state index >= 15 is 0 Å². The van der Waals surface area contributed by atoms with Crippen LogP contribution in [0.15, 0.2) is 30.7 Å². The molecule has 2 aromatic rings. The van der Waals surface area contributed by atoms with Gasteiger partial charge in [0.2, 0.25) is 0 Å². The number of aromatic nitrogens is 2. The van der Waals surface area contributed by atoms with E-state index in [4.69, 9.17) is 4.74 Å². The minimum absolute atomic E-state index is 0.766. The number of rotatable bonds is 5. The topological polar surface area (TPSA) is 39.1 Å². The van der Waals surface area contributed by atoms with Gasteiger partial charge in [0.1, 0.15) is 5.75 Å². The molecule has 1 heterocycles. The molecule has 0 bridgehead atoms. The van der Waals surface area contributed by atoms with Crippen molar-refractivity contribution in [2.75, 3.05) is 12.4 Å². The number of nitrogens with zero attached hydrogens (tertiary/aromatic N) is 2. The van der Waals surface area contributed by atoms with Crippen molar-refractivity contribution in [1.29, 1.82) is 0 Å². The minimum Gasteiger partial charge on any atom is -0.497 e. The maximum atomic E-state index is 5.23. The van der Waals surface area contributed by atoms with Crippen LogP contribution in [0, 0.1) is 6.92 Å². The molecule has 0 saturated heterocycles. The maximum Gasteiger partial charge on any atom is 0.120 e. The van der Waals surface area contributed by atoms with E-state index in [1.165, 1.54) is 11.3 Å². The number of hydrogen-bond donors (Lipinski definition) is 1. The molecule has 18 heavy (non-hydrogen) atoms. The summed E-state index contributed by atoms with van der Waals surface area (Å²) < 4.78 is 7.36. The van der Waals surface area contributed by atoms with E-state index in [1.54, 1.807) is 7.11 Å². The van der Waals surface area contributed by atoms with Gasteiger partial charge in [0, 0.05) is 24.5 Å². The van der Waals surface area contributed by atoms with Gasteiger partial charge in [-0.05, 0) is 25.5 Å². The lowest BCUT2D eigenvalue weighted by Crippen LogP contribution is -2.06. The van der Waals surface area contributed by atoms with Crippen molar-refractivity contribution >= 4 is 5.69 Å². The molecule has 0 amide bonds. The predicted octanol–water partition coefficient (Wildman–Crippen LogP) is 2.83. The number of ether oxygens (including phenoxy) is 1. The van der Waals surface area contributed by atoms with Crippen molar-refractivity contribution in [3.05, 3.63) is 42.0 Å². The van der Waals surface area contributed by atoms with Crippen molar-refractivity contribution in [2.24, 2.45) is 0 Å². The lowest BCUT2D eigenvalue weighted by Gasteiger charge is -2.12. The summed E-state index contributed by atoms with van der Waals surface area (Å²) in [6.07, 6.45) is 3.75. The molecule has 1 N–H and O–H groups in total. The van der Waals surface area contributed by atoms with Crippen LogP contribution in [0.5, 0.6) is 5.75 Å². The Kier molecular flexibility index (Phi) is 3.87. The van der Waals surface area contributed by atoms with Crippen LogP contribution < -0.4 is 10.1 Å². The van der Waals surface area contributed by atoms with Crippen LogP contribution in [0.25, 0.3) is 0 Å². The molecule has 0 spiro atoms. The Morgan fingerprint density at radius 3 is 2.94 bits per heavy atom. The molecule has 1 aromatic heterocycles. The van der Waals surface area contributed by atoms with Crippen LogP contribution in [-0.2, 0) is 13.1 Å². The molecule has 0 radical (unpaired) electrons. The summed E-state index contributed by atoms with van der Waals surface area (Å²) in [6.45, 7) is 5.90. The highest BCUT2D eigenvalue weighted by molar-refractivity contribution is 5.54. The van der Waals surface area contributed by atoms with Crippen LogP contribution >= 0.6 is 0 Å². The summed E-state index contributed by atoms with van der Waals surface area (Å²) in [4.78, 5) is 4.16. The largest absolute Gasteiger partial charge is 0.497 e. The smallest absolute Gasteiger partial charge is 0.120 e. The Labute approximate surface area is 108 Å². The monoisotopic (exact) mass is 245 g/mol. The third-order valence-electron chi connectivity index (χ3n) is 3.04. The van der Waals surface area contributed by atoms with Crippen molar-refractivity contribution in [3.63, 3.8) is 0 Å². The number of hydrogen-bond acceptors (Lipinski definition) is 3. The lowest BCUT2D eigenvalue weighted by atomic mass is 10.2. The summed E-state index contributed by atoms with van der Waals surface area (Å²) in [6, 6.07) is 6.04. The van der Waals surface area contributed by atoms with E-state index in [-0.39, 0.29) is 0 Å². The zero-order chi connectivity index (χ0) is 13.0. The highest BCUT2D eigenvalue weighted by atomic mass is 16.5. The van der Waals surface area contributed by atoms with Crippen molar-refractivity contribution < 1.29 is 4.74 Å². The van der Waals surface area contributed by atoms with Crippen LogP contribution in [0.2, 0.25) is 0 Å². The van der Waals surface area contributed by atoms with Gasteiger partial charge in [-0.1, -0.05) is 6.07 Å².